The highest BCUT2D eigenvalue weighted by molar-refractivity contribution is 14.1. The van der Waals surface area contributed by atoms with Crippen molar-refractivity contribution in [3.63, 3.8) is 0 Å². The summed E-state index contributed by atoms with van der Waals surface area (Å²) in [6, 6.07) is 9.78. The van der Waals surface area contributed by atoms with Crippen LogP contribution in [0.1, 0.15) is 18.4 Å². The standard InChI is InChI=1S/C15H18INO2/c16-9-8-13-7-4-10-17(11-13)15(18)19-12-14-5-2-1-3-6-14/h1-3,5-6,8H,4,7,9-12H2. The number of carbonyl (C=O) groups is 1. The molecule has 0 bridgehead atoms. The quantitative estimate of drug-likeness (QED) is 0.460. The zero-order chi connectivity index (χ0) is 13.5. The second kappa shape index (κ2) is 7.53. The topological polar surface area (TPSA) is 29.5 Å². The van der Waals surface area contributed by atoms with Crippen LogP contribution in [0.15, 0.2) is 42.0 Å². The molecule has 0 aliphatic carbocycles. The van der Waals surface area contributed by atoms with Gasteiger partial charge in [-0.25, -0.2) is 4.79 Å². The lowest BCUT2D eigenvalue weighted by Gasteiger charge is -2.28. The number of carbonyl (C=O) groups excluding carboxylic acids is 1. The van der Waals surface area contributed by atoms with Crippen molar-refractivity contribution >= 4 is 28.7 Å². The van der Waals surface area contributed by atoms with Crippen LogP contribution < -0.4 is 0 Å². The molecule has 1 aliphatic heterocycles. The van der Waals surface area contributed by atoms with E-state index in [2.05, 4.69) is 28.7 Å². The minimum Gasteiger partial charge on any atom is -0.445 e. The van der Waals surface area contributed by atoms with Crippen LogP contribution in [0.2, 0.25) is 0 Å². The molecule has 1 aromatic carbocycles. The first-order valence-electron chi connectivity index (χ1n) is 6.49. The van der Waals surface area contributed by atoms with Crippen LogP contribution in [0.3, 0.4) is 0 Å². The van der Waals surface area contributed by atoms with Gasteiger partial charge < -0.3 is 9.64 Å². The smallest absolute Gasteiger partial charge is 0.410 e. The van der Waals surface area contributed by atoms with Crippen LogP contribution in [0.5, 0.6) is 0 Å². The first kappa shape index (κ1) is 14.4. The minimum absolute atomic E-state index is 0.206. The Balaban J connectivity index is 1.84. The Labute approximate surface area is 127 Å². The van der Waals surface area contributed by atoms with Crippen LogP contribution in [-0.4, -0.2) is 28.5 Å². The zero-order valence-corrected chi connectivity index (χ0v) is 13.0. The molecule has 2 rings (SSSR count). The highest BCUT2D eigenvalue weighted by Gasteiger charge is 2.20. The molecule has 1 aromatic rings. The van der Waals surface area contributed by atoms with Crippen LogP contribution in [0, 0.1) is 0 Å². The molecule has 0 saturated carbocycles. The number of halogens is 1. The van der Waals surface area contributed by atoms with Gasteiger partial charge in [0.2, 0.25) is 0 Å². The van der Waals surface area contributed by atoms with Crippen molar-refractivity contribution in [3.05, 3.63) is 47.5 Å². The number of allylic oxidation sites excluding steroid dienone is 1. The number of hydrogen-bond acceptors (Lipinski definition) is 2. The monoisotopic (exact) mass is 371 g/mol. The number of nitrogens with zero attached hydrogens (tertiary/aromatic N) is 1. The molecule has 1 saturated heterocycles. The molecule has 4 heteroatoms. The van der Waals surface area contributed by atoms with Crippen molar-refractivity contribution in [3.8, 4) is 0 Å². The number of benzene rings is 1. The Morgan fingerprint density at radius 3 is 2.89 bits per heavy atom. The molecule has 0 N–H and O–H groups in total. The van der Waals surface area contributed by atoms with Crippen LogP contribution in [0.25, 0.3) is 0 Å². The lowest BCUT2D eigenvalue weighted by Crippen LogP contribution is -2.37. The first-order chi connectivity index (χ1) is 9.29. The van der Waals surface area contributed by atoms with E-state index in [4.69, 9.17) is 4.74 Å². The fourth-order valence-electron chi connectivity index (χ4n) is 2.14. The number of alkyl halides is 1. The van der Waals surface area contributed by atoms with E-state index >= 15 is 0 Å². The average Bonchev–Trinajstić information content (AvgIpc) is 2.46. The van der Waals surface area contributed by atoms with Crippen molar-refractivity contribution in [1.29, 1.82) is 0 Å². The normalized spacial score (nSPS) is 17.5. The van der Waals surface area contributed by atoms with Gasteiger partial charge in [-0.05, 0) is 18.4 Å². The molecule has 1 heterocycles. The van der Waals surface area contributed by atoms with Crippen molar-refractivity contribution < 1.29 is 9.53 Å². The number of rotatable bonds is 3. The number of hydrogen-bond donors (Lipinski definition) is 0. The van der Waals surface area contributed by atoms with Gasteiger partial charge in [0.25, 0.3) is 0 Å². The molecule has 1 amide bonds. The van der Waals surface area contributed by atoms with Gasteiger partial charge in [0.1, 0.15) is 6.61 Å². The van der Waals surface area contributed by atoms with E-state index in [9.17, 15) is 4.79 Å². The van der Waals surface area contributed by atoms with E-state index in [0.717, 1.165) is 35.9 Å². The molecular formula is C15H18INO2. The summed E-state index contributed by atoms with van der Waals surface area (Å²) in [5.41, 5.74) is 2.37. The summed E-state index contributed by atoms with van der Waals surface area (Å²) < 4.78 is 6.35. The Morgan fingerprint density at radius 2 is 2.16 bits per heavy atom. The maximum atomic E-state index is 12.0. The third-order valence-electron chi connectivity index (χ3n) is 3.15. The summed E-state index contributed by atoms with van der Waals surface area (Å²) in [7, 11) is 0. The van der Waals surface area contributed by atoms with Crippen LogP contribution in [0.4, 0.5) is 4.79 Å². The second-order valence-corrected chi connectivity index (χ2v) is 5.46. The van der Waals surface area contributed by atoms with E-state index < -0.39 is 0 Å². The van der Waals surface area contributed by atoms with Crippen molar-refractivity contribution in [1.82, 2.24) is 4.90 Å². The molecule has 0 unspecified atom stereocenters. The highest BCUT2D eigenvalue weighted by atomic mass is 127. The zero-order valence-electron chi connectivity index (χ0n) is 10.8. The van der Waals surface area contributed by atoms with Crippen molar-refractivity contribution in [2.24, 2.45) is 0 Å². The van der Waals surface area contributed by atoms with E-state index in [1.165, 1.54) is 5.57 Å². The molecule has 1 aliphatic rings. The predicted molar refractivity (Wildman–Crippen MR) is 84.4 cm³/mol. The van der Waals surface area contributed by atoms with Gasteiger partial charge in [-0.15, -0.1) is 0 Å². The van der Waals surface area contributed by atoms with Crippen molar-refractivity contribution in [2.45, 2.75) is 19.4 Å². The predicted octanol–water partition coefficient (Wildman–Crippen LogP) is 3.78. The third kappa shape index (κ3) is 4.53. The lowest BCUT2D eigenvalue weighted by atomic mass is 10.1. The summed E-state index contributed by atoms with van der Waals surface area (Å²) in [6.07, 6.45) is 4.13. The van der Waals surface area contributed by atoms with Gasteiger partial charge in [-0.3, -0.25) is 0 Å². The summed E-state index contributed by atoms with van der Waals surface area (Å²) >= 11 is 2.33. The Kier molecular flexibility index (Phi) is 5.69. The van der Waals surface area contributed by atoms with E-state index in [-0.39, 0.29) is 6.09 Å². The number of amides is 1. The highest BCUT2D eigenvalue weighted by Crippen LogP contribution is 2.17. The molecule has 102 valence electrons. The SMILES string of the molecule is O=C(OCc1ccccc1)N1CCCC(=CCI)C1. The van der Waals surface area contributed by atoms with Gasteiger partial charge in [0.15, 0.2) is 0 Å². The minimum atomic E-state index is -0.206. The van der Waals surface area contributed by atoms with E-state index in [1.54, 1.807) is 4.90 Å². The molecule has 0 aromatic heterocycles. The van der Waals surface area contributed by atoms with E-state index in [1.807, 2.05) is 30.3 Å². The van der Waals surface area contributed by atoms with Gasteiger partial charge in [0, 0.05) is 17.5 Å². The Morgan fingerprint density at radius 1 is 1.37 bits per heavy atom. The van der Waals surface area contributed by atoms with Gasteiger partial charge in [-0.2, -0.15) is 0 Å². The molecule has 3 nitrogen and oxygen atoms in total. The summed E-state index contributed by atoms with van der Waals surface area (Å²) in [5.74, 6) is 0. The average molecular weight is 371 g/mol. The fraction of sp³-hybridized carbons (Fsp3) is 0.400. The van der Waals surface area contributed by atoms with Crippen LogP contribution >= 0.6 is 22.6 Å². The molecular weight excluding hydrogens is 353 g/mol. The molecule has 19 heavy (non-hydrogen) atoms. The van der Waals surface area contributed by atoms with Crippen molar-refractivity contribution in [2.75, 3.05) is 17.5 Å². The Bertz CT molecular complexity index is 445. The maximum Gasteiger partial charge on any atom is 0.410 e. The number of piperidine rings is 1. The molecule has 0 atom stereocenters. The largest absolute Gasteiger partial charge is 0.445 e. The molecule has 1 fully saturated rings. The van der Waals surface area contributed by atoms with Gasteiger partial charge in [0.05, 0.1) is 0 Å². The number of likely N-dealkylation sites (tertiary alicyclic amines) is 1. The first-order valence-corrected chi connectivity index (χ1v) is 8.01. The summed E-state index contributed by atoms with van der Waals surface area (Å²) in [5, 5.41) is 0. The maximum absolute atomic E-state index is 12.0. The summed E-state index contributed by atoms with van der Waals surface area (Å²) in [4.78, 5) is 13.8. The fourth-order valence-corrected chi connectivity index (χ4v) is 2.77. The third-order valence-corrected chi connectivity index (χ3v) is 3.59. The van der Waals surface area contributed by atoms with Gasteiger partial charge >= 0.3 is 6.09 Å². The van der Waals surface area contributed by atoms with Gasteiger partial charge in [-0.1, -0.05) is 64.6 Å². The lowest BCUT2D eigenvalue weighted by molar-refractivity contribution is 0.0953. The number of ether oxygens (including phenoxy) is 1. The molecule has 0 radical (unpaired) electrons. The molecule has 0 spiro atoms. The summed E-state index contributed by atoms with van der Waals surface area (Å²) in [6.45, 7) is 1.87. The second-order valence-electron chi connectivity index (χ2n) is 4.58. The van der Waals surface area contributed by atoms with E-state index in [0.29, 0.717) is 6.61 Å². The Hall–Kier alpha value is -1.04. The van der Waals surface area contributed by atoms with Crippen LogP contribution in [-0.2, 0) is 11.3 Å².